The predicted molar refractivity (Wildman–Crippen MR) is 272 cm³/mol. The first-order valence-electron chi connectivity index (χ1n) is 22.0. The summed E-state index contributed by atoms with van der Waals surface area (Å²) in [7, 11) is 0. The molecule has 1 radical (unpaired) electrons. The van der Waals surface area contributed by atoms with Crippen molar-refractivity contribution in [3.63, 3.8) is 0 Å². The van der Waals surface area contributed by atoms with E-state index in [1.54, 1.807) is 18.2 Å². The first-order valence-corrected chi connectivity index (χ1v) is 22.0. The van der Waals surface area contributed by atoms with Gasteiger partial charge in [0.1, 0.15) is 0 Å². The molecule has 0 aliphatic carbocycles. The third-order valence-electron chi connectivity index (χ3n) is 11.8. The van der Waals surface area contributed by atoms with Crippen molar-refractivity contribution in [2.45, 2.75) is 0 Å². The van der Waals surface area contributed by atoms with E-state index in [2.05, 4.69) is 180 Å². The molecular weight excluding hydrogens is 1010 g/mol. The normalized spacial score (nSPS) is 10.6. The van der Waals surface area contributed by atoms with Crippen LogP contribution < -0.4 is 0 Å². The third kappa shape index (κ3) is 9.60. The minimum Gasteiger partial charge on any atom is -0.521 e. The number of aromatic nitrogens is 3. The van der Waals surface area contributed by atoms with Crippen LogP contribution in [0.4, 0.5) is 0 Å². The molecule has 11 rings (SSSR count). The second-order valence-corrected chi connectivity index (χ2v) is 15.9. The van der Waals surface area contributed by atoms with Gasteiger partial charge in [-0.05, 0) is 114 Å². The van der Waals surface area contributed by atoms with Crippen LogP contribution in [-0.2, 0) is 20.1 Å². The van der Waals surface area contributed by atoms with Crippen molar-refractivity contribution < 1.29 is 30.0 Å². The Morgan fingerprint density at radius 1 is 0.382 bits per heavy atom. The number of carboxylic acids is 1. The summed E-state index contributed by atoms with van der Waals surface area (Å²) < 4.78 is 0. The molecule has 8 aromatic carbocycles. The molecule has 0 saturated carbocycles. The number of carboxylic acid groups (broad SMARTS) is 1. The minimum absolute atomic E-state index is 0. The maximum atomic E-state index is 10.2. The molecule has 68 heavy (non-hydrogen) atoms. The maximum Gasteiger partial charge on any atom is 0.247 e. The van der Waals surface area contributed by atoms with Crippen LogP contribution in [0.1, 0.15) is 10.4 Å². The Morgan fingerprint density at radius 2 is 0.868 bits per heavy atom. The van der Waals surface area contributed by atoms with Gasteiger partial charge in [-0.1, -0.05) is 133 Å². The summed E-state index contributed by atoms with van der Waals surface area (Å²) in [5, 5.41) is 10.6. The molecule has 11 aromatic rings. The zero-order valence-electron chi connectivity index (χ0n) is 36.6. The van der Waals surface area contributed by atoms with Crippen molar-refractivity contribution >= 4 is 16.7 Å². The Hall–Kier alpha value is -8.41. The average molecular weight is 1050 g/mol. The largest absolute Gasteiger partial charge is 0.521 e. The summed E-state index contributed by atoms with van der Waals surface area (Å²) in [4.78, 5) is 24.3. The standard InChI is InChI=1S/C55H36N3.C7H5O2.Ir/c1-3-15-38(16-4-1)40-27-28-52-53(34-40)54(37-58-55(52)39-17-5-2-6-18-39)51-26-12-11-25-50(51)45-32-43(48-23-9-7-21-46(48)41-19-13-29-56-35-41)31-44(33-45)49-24-10-8-22-47(49)42-20-14-30-57-36-42;8-7(9)6-4-2-1-3-5-6;/h1-17,19-37H;1-4H,(H,8,9);/q2*-1;. The number of fused-ring (bicyclic) bond motifs is 1. The average Bonchev–Trinajstić information content (AvgIpc) is 3.41. The fourth-order valence-corrected chi connectivity index (χ4v) is 8.63. The number of hydrogen-bond acceptors (Lipinski definition) is 4. The monoisotopic (exact) mass is 1050 g/mol. The second-order valence-electron chi connectivity index (χ2n) is 15.9. The van der Waals surface area contributed by atoms with E-state index in [-0.39, 0.29) is 25.7 Å². The number of benzene rings is 8. The van der Waals surface area contributed by atoms with E-state index >= 15 is 0 Å². The Bertz CT molecular complexity index is 3380. The molecule has 0 aliphatic rings. The van der Waals surface area contributed by atoms with Crippen molar-refractivity contribution in [3.05, 3.63) is 261 Å². The summed E-state index contributed by atoms with van der Waals surface area (Å²) in [5.74, 6) is -0.935. The number of nitrogens with zero attached hydrogens (tertiary/aromatic N) is 3. The molecule has 0 unspecified atom stereocenters. The van der Waals surface area contributed by atoms with Crippen molar-refractivity contribution in [2.75, 3.05) is 0 Å². The van der Waals surface area contributed by atoms with Crippen molar-refractivity contribution in [1.29, 1.82) is 0 Å². The number of aromatic carboxylic acids is 1. The molecule has 327 valence electrons. The van der Waals surface area contributed by atoms with Gasteiger partial charge in [-0.2, -0.15) is 0 Å². The van der Waals surface area contributed by atoms with Crippen LogP contribution in [0.2, 0.25) is 0 Å². The molecule has 0 aliphatic heterocycles. The molecule has 0 fully saturated rings. The number of hydrogen-bond donors (Lipinski definition) is 1. The van der Waals surface area contributed by atoms with Crippen molar-refractivity contribution in [3.8, 4) is 89.1 Å². The van der Waals surface area contributed by atoms with Gasteiger partial charge in [0.25, 0.3) is 0 Å². The summed E-state index contributed by atoms with van der Waals surface area (Å²) in [5.41, 5.74) is 17.7. The maximum absolute atomic E-state index is 10.2. The summed E-state index contributed by atoms with van der Waals surface area (Å²) in [6.07, 6.45) is 9.57. The van der Waals surface area contributed by atoms with Gasteiger partial charge in [-0.3, -0.25) is 9.97 Å². The van der Waals surface area contributed by atoms with Gasteiger partial charge in [-0.25, -0.2) is 0 Å². The molecule has 5 nitrogen and oxygen atoms in total. The van der Waals surface area contributed by atoms with Gasteiger partial charge in [0.2, 0.25) is 5.97 Å². The van der Waals surface area contributed by atoms with E-state index in [0.717, 1.165) is 94.4 Å². The van der Waals surface area contributed by atoms with Gasteiger partial charge < -0.3 is 14.9 Å². The summed E-state index contributed by atoms with van der Waals surface area (Å²) in [6, 6.07) is 79.1. The SMILES string of the molecule is O=C(O)c1[c-]cccc1.[Ir].[c-]1ccccc1-c1ncc(-c2ccccc2-c2cc(-c3ccccc3-c3cccnc3)cc(-c3ccccc3-c3cccnc3)c2)c2cc(-c3ccccc3)ccc12. The first-order chi connectivity index (χ1) is 33.1. The van der Waals surface area contributed by atoms with E-state index in [0.29, 0.717) is 0 Å². The van der Waals surface area contributed by atoms with E-state index in [1.807, 2.05) is 61.3 Å². The van der Waals surface area contributed by atoms with Crippen LogP contribution in [0.3, 0.4) is 0 Å². The number of rotatable bonds is 9. The van der Waals surface area contributed by atoms with Crippen LogP contribution in [0.15, 0.2) is 243 Å². The van der Waals surface area contributed by atoms with Crippen molar-refractivity contribution in [1.82, 2.24) is 15.0 Å². The fraction of sp³-hybridized carbons (Fsp3) is 0. The van der Waals surface area contributed by atoms with Crippen LogP contribution >= 0.6 is 0 Å². The topological polar surface area (TPSA) is 76.0 Å². The third-order valence-corrected chi connectivity index (χ3v) is 11.8. The van der Waals surface area contributed by atoms with E-state index < -0.39 is 5.97 Å². The van der Waals surface area contributed by atoms with E-state index in [1.165, 1.54) is 11.6 Å². The molecule has 6 heteroatoms. The molecule has 3 heterocycles. The Balaban J connectivity index is 0.000000521. The minimum atomic E-state index is -0.935. The zero-order valence-corrected chi connectivity index (χ0v) is 39.0. The van der Waals surface area contributed by atoms with Crippen LogP contribution in [-0.4, -0.2) is 26.0 Å². The fourth-order valence-electron chi connectivity index (χ4n) is 8.63. The number of carbonyl (C=O) groups is 1. The van der Waals surface area contributed by atoms with E-state index in [4.69, 9.17) is 10.1 Å². The molecule has 0 saturated heterocycles. The van der Waals surface area contributed by atoms with Crippen LogP contribution in [0.25, 0.3) is 99.9 Å². The first kappa shape index (κ1) is 44.8. The number of pyridine rings is 3. The van der Waals surface area contributed by atoms with Crippen molar-refractivity contribution in [2.24, 2.45) is 0 Å². The Labute approximate surface area is 409 Å². The molecule has 0 bridgehead atoms. The van der Waals surface area contributed by atoms with E-state index in [9.17, 15) is 4.79 Å². The summed E-state index contributed by atoms with van der Waals surface area (Å²) >= 11 is 0. The Kier molecular flexibility index (Phi) is 13.7. The molecule has 0 amide bonds. The van der Waals surface area contributed by atoms with Gasteiger partial charge in [0.15, 0.2) is 0 Å². The van der Waals surface area contributed by atoms with Crippen LogP contribution in [0, 0.1) is 12.1 Å². The zero-order chi connectivity index (χ0) is 45.4. The molecular formula is C62H41IrN3O2-2. The Morgan fingerprint density at radius 3 is 1.35 bits per heavy atom. The van der Waals surface area contributed by atoms with Gasteiger partial charge in [0.05, 0.1) is 0 Å². The molecule has 0 spiro atoms. The second kappa shape index (κ2) is 20.8. The summed E-state index contributed by atoms with van der Waals surface area (Å²) in [6.45, 7) is 0. The predicted octanol–water partition coefficient (Wildman–Crippen LogP) is 15.3. The van der Waals surface area contributed by atoms with Gasteiger partial charge >= 0.3 is 0 Å². The van der Waals surface area contributed by atoms with Gasteiger partial charge in [-0.15, -0.1) is 66.2 Å². The molecule has 3 aromatic heterocycles. The molecule has 0 atom stereocenters. The smallest absolute Gasteiger partial charge is 0.247 e. The quantitative estimate of drug-likeness (QED) is 0.146. The van der Waals surface area contributed by atoms with Gasteiger partial charge in [0, 0.05) is 67.8 Å². The molecule has 1 N–H and O–H groups in total. The van der Waals surface area contributed by atoms with Crippen LogP contribution in [0.5, 0.6) is 0 Å².